The van der Waals surface area contributed by atoms with Gasteiger partial charge in [0.05, 0.1) is 5.60 Å². The van der Waals surface area contributed by atoms with Crippen LogP contribution in [0.15, 0.2) is 18.2 Å². The van der Waals surface area contributed by atoms with Gasteiger partial charge >= 0.3 is 0 Å². The molecule has 0 radical (unpaired) electrons. The standard InChI is InChI=1S/C14H21ClFNO/c1-4-14(3,18-5-2)13(17)9-10-8-11(15)6-7-12(10)16/h6-8,13H,4-5,9,17H2,1-3H3. The van der Waals surface area contributed by atoms with Crippen LogP contribution in [-0.2, 0) is 11.2 Å². The van der Waals surface area contributed by atoms with Crippen molar-refractivity contribution >= 4 is 11.6 Å². The van der Waals surface area contributed by atoms with E-state index in [1.807, 2.05) is 20.8 Å². The summed E-state index contributed by atoms with van der Waals surface area (Å²) in [4.78, 5) is 0. The van der Waals surface area contributed by atoms with Crippen molar-refractivity contribution in [2.45, 2.75) is 45.3 Å². The maximum Gasteiger partial charge on any atom is 0.126 e. The SMILES string of the molecule is CCOC(C)(CC)C(N)Cc1cc(Cl)ccc1F. The fraction of sp³-hybridized carbons (Fsp3) is 0.571. The van der Waals surface area contributed by atoms with Crippen LogP contribution in [0, 0.1) is 5.82 Å². The summed E-state index contributed by atoms with van der Waals surface area (Å²) in [5.74, 6) is -0.273. The van der Waals surface area contributed by atoms with E-state index in [1.165, 1.54) is 12.1 Å². The van der Waals surface area contributed by atoms with Crippen LogP contribution in [0.5, 0.6) is 0 Å². The predicted octanol–water partition coefficient (Wildman–Crippen LogP) is 3.55. The fourth-order valence-corrected chi connectivity index (χ4v) is 2.15. The van der Waals surface area contributed by atoms with Gasteiger partial charge in [0.1, 0.15) is 5.82 Å². The van der Waals surface area contributed by atoms with E-state index in [2.05, 4.69) is 0 Å². The van der Waals surface area contributed by atoms with Gasteiger partial charge in [0.25, 0.3) is 0 Å². The first-order valence-corrected chi connectivity index (χ1v) is 6.64. The average Bonchev–Trinajstić information content (AvgIpc) is 2.34. The Bertz CT molecular complexity index is 399. The van der Waals surface area contributed by atoms with Crippen molar-refractivity contribution in [3.63, 3.8) is 0 Å². The number of benzene rings is 1. The molecule has 2 atom stereocenters. The minimum Gasteiger partial charge on any atom is -0.374 e. The number of halogens is 2. The molecule has 1 rings (SSSR count). The van der Waals surface area contributed by atoms with E-state index < -0.39 is 5.60 Å². The van der Waals surface area contributed by atoms with Crippen molar-refractivity contribution in [3.8, 4) is 0 Å². The monoisotopic (exact) mass is 273 g/mol. The Morgan fingerprint density at radius 3 is 2.67 bits per heavy atom. The van der Waals surface area contributed by atoms with Crippen LogP contribution in [0.25, 0.3) is 0 Å². The Morgan fingerprint density at radius 2 is 2.11 bits per heavy atom. The van der Waals surface area contributed by atoms with E-state index in [4.69, 9.17) is 22.1 Å². The summed E-state index contributed by atoms with van der Waals surface area (Å²) in [7, 11) is 0. The maximum absolute atomic E-state index is 13.7. The second-order valence-electron chi connectivity index (χ2n) is 4.65. The molecule has 0 fully saturated rings. The van der Waals surface area contributed by atoms with E-state index in [-0.39, 0.29) is 11.9 Å². The van der Waals surface area contributed by atoms with Crippen molar-refractivity contribution in [1.29, 1.82) is 0 Å². The van der Waals surface area contributed by atoms with Crippen LogP contribution in [0.2, 0.25) is 5.02 Å². The lowest BCUT2D eigenvalue weighted by atomic mass is 9.89. The molecule has 0 saturated heterocycles. The molecule has 2 N–H and O–H groups in total. The van der Waals surface area contributed by atoms with Crippen LogP contribution in [0.3, 0.4) is 0 Å². The minimum absolute atomic E-state index is 0.268. The molecule has 0 saturated carbocycles. The molecule has 2 nitrogen and oxygen atoms in total. The molecular weight excluding hydrogens is 253 g/mol. The van der Waals surface area contributed by atoms with Crippen LogP contribution < -0.4 is 5.73 Å². The highest BCUT2D eigenvalue weighted by Gasteiger charge is 2.31. The summed E-state index contributed by atoms with van der Waals surface area (Å²) in [6.07, 6.45) is 1.20. The van der Waals surface area contributed by atoms with Crippen molar-refractivity contribution in [3.05, 3.63) is 34.6 Å². The van der Waals surface area contributed by atoms with Gasteiger partial charge in [0, 0.05) is 17.7 Å². The number of hydrogen-bond acceptors (Lipinski definition) is 2. The van der Waals surface area contributed by atoms with Crippen LogP contribution >= 0.6 is 11.6 Å². The van der Waals surface area contributed by atoms with E-state index >= 15 is 0 Å². The summed E-state index contributed by atoms with van der Waals surface area (Å²) >= 11 is 5.87. The molecular formula is C14H21ClFNO. The maximum atomic E-state index is 13.7. The zero-order valence-corrected chi connectivity index (χ0v) is 11.9. The highest BCUT2D eigenvalue weighted by molar-refractivity contribution is 6.30. The Hall–Kier alpha value is -0.640. The van der Waals surface area contributed by atoms with Gasteiger partial charge in [-0.2, -0.15) is 0 Å². The third kappa shape index (κ3) is 3.67. The Balaban J connectivity index is 2.85. The Kier molecular flexibility index (Phi) is 5.57. The molecule has 18 heavy (non-hydrogen) atoms. The summed E-state index contributed by atoms with van der Waals surface area (Å²) < 4.78 is 19.4. The molecule has 0 spiro atoms. The first-order valence-electron chi connectivity index (χ1n) is 6.26. The highest BCUT2D eigenvalue weighted by Crippen LogP contribution is 2.24. The molecule has 0 aliphatic carbocycles. The second-order valence-corrected chi connectivity index (χ2v) is 5.08. The first-order chi connectivity index (χ1) is 8.42. The average molecular weight is 274 g/mol. The van der Waals surface area contributed by atoms with E-state index in [0.29, 0.717) is 23.6 Å². The van der Waals surface area contributed by atoms with Gasteiger partial charge in [-0.15, -0.1) is 0 Å². The van der Waals surface area contributed by atoms with Crippen LogP contribution in [0.1, 0.15) is 32.8 Å². The summed E-state index contributed by atoms with van der Waals surface area (Å²) in [5.41, 5.74) is 6.26. The van der Waals surface area contributed by atoms with E-state index in [9.17, 15) is 4.39 Å². The van der Waals surface area contributed by atoms with E-state index in [0.717, 1.165) is 6.42 Å². The Labute approximate surface area is 113 Å². The van der Waals surface area contributed by atoms with Gasteiger partial charge < -0.3 is 10.5 Å². The van der Waals surface area contributed by atoms with Gasteiger partial charge in [0.2, 0.25) is 0 Å². The molecule has 102 valence electrons. The topological polar surface area (TPSA) is 35.2 Å². The third-order valence-electron chi connectivity index (χ3n) is 3.41. The minimum atomic E-state index is -0.441. The lowest BCUT2D eigenvalue weighted by Gasteiger charge is -2.34. The number of hydrogen-bond donors (Lipinski definition) is 1. The molecule has 0 amide bonds. The second kappa shape index (κ2) is 6.50. The van der Waals surface area contributed by atoms with Gasteiger partial charge in [-0.25, -0.2) is 4.39 Å². The number of ether oxygens (including phenoxy) is 1. The highest BCUT2D eigenvalue weighted by atomic mass is 35.5. The molecule has 0 aliphatic rings. The summed E-state index contributed by atoms with van der Waals surface area (Å²) in [5, 5.41) is 0.521. The van der Waals surface area contributed by atoms with Gasteiger partial charge in [0.15, 0.2) is 0 Å². The molecule has 2 unspecified atom stereocenters. The molecule has 1 aromatic carbocycles. The van der Waals surface area contributed by atoms with Crippen molar-refractivity contribution in [1.82, 2.24) is 0 Å². The van der Waals surface area contributed by atoms with Crippen molar-refractivity contribution < 1.29 is 9.13 Å². The summed E-state index contributed by atoms with van der Waals surface area (Å²) in [6, 6.07) is 4.26. The molecule has 1 aromatic rings. The van der Waals surface area contributed by atoms with Gasteiger partial charge in [-0.1, -0.05) is 18.5 Å². The zero-order valence-electron chi connectivity index (χ0n) is 11.2. The molecule has 0 heterocycles. The van der Waals surface area contributed by atoms with Crippen LogP contribution in [-0.4, -0.2) is 18.2 Å². The molecule has 0 aromatic heterocycles. The van der Waals surface area contributed by atoms with Crippen molar-refractivity contribution in [2.24, 2.45) is 5.73 Å². The number of nitrogens with two attached hydrogens (primary N) is 1. The Morgan fingerprint density at radius 1 is 1.44 bits per heavy atom. The lowest BCUT2D eigenvalue weighted by Crippen LogP contribution is -2.48. The van der Waals surface area contributed by atoms with Gasteiger partial charge in [-0.05, 0) is 50.5 Å². The van der Waals surface area contributed by atoms with Gasteiger partial charge in [-0.3, -0.25) is 0 Å². The molecule has 0 aliphatic heterocycles. The largest absolute Gasteiger partial charge is 0.374 e. The zero-order chi connectivity index (χ0) is 13.8. The van der Waals surface area contributed by atoms with E-state index in [1.54, 1.807) is 6.07 Å². The van der Waals surface area contributed by atoms with Crippen molar-refractivity contribution in [2.75, 3.05) is 6.61 Å². The summed E-state index contributed by atoms with van der Waals surface area (Å²) in [6.45, 7) is 6.50. The normalized spacial score (nSPS) is 16.3. The molecule has 4 heteroatoms. The first kappa shape index (κ1) is 15.4. The third-order valence-corrected chi connectivity index (χ3v) is 3.64. The lowest BCUT2D eigenvalue weighted by molar-refractivity contribution is -0.0462. The number of rotatable bonds is 6. The smallest absolute Gasteiger partial charge is 0.126 e. The predicted molar refractivity (Wildman–Crippen MR) is 73.4 cm³/mol. The molecule has 0 bridgehead atoms. The fourth-order valence-electron chi connectivity index (χ4n) is 1.95. The quantitative estimate of drug-likeness (QED) is 0.860. The van der Waals surface area contributed by atoms with Crippen LogP contribution in [0.4, 0.5) is 4.39 Å².